The van der Waals surface area contributed by atoms with Crippen LogP contribution >= 0.6 is 0 Å². The van der Waals surface area contributed by atoms with Gasteiger partial charge in [0.15, 0.2) is 0 Å². The maximum Gasteiger partial charge on any atom is 0.246 e. The summed E-state index contributed by atoms with van der Waals surface area (Å²) in [7, 11) is -3.44. The molecule has 6 heteroatoms. The molecule has 0 saturated carbocycles. The molecule has 0 unspecified atom stereocenters. The Morgan fingerprint density at radius 3 is 2.35 bits per heavy atom. The lowest BCUT2D eigenvalue weighted by Gasteiger charge is -2.19. The number of benzene rings is 1. The summed E-state index contributed by atoms with van der Waals surface area (Å²) in [5, 5.41) is 4.40. The second kappa shape index (κ2) is 6.84. The summed E-state index contributed by atoms with van der Waals surface area (Å²) in [5.74, 6) is 0. The van der Waals surface area contributed by atoms with Crippen LogP contribution in [0.1, 0.15) is 36.9 Å². The highest BCUT2D eigenvalue weighted by Crippen LogP contribution is 2.22. The molecule has 1 fully saturated rings. The molecule has 1 aromatic carbocycles. The Bertz CT molecular complexity index is 745. The van der Waals surface area contributed by atoms with Crippen LogP contribution in [0, 0.1) is 6.92 Å². The second-order valence-electron chi connectivity index (χ2n) is 6.08. The van der Waals surface area contributed by atoms with E-state index in [4.69, 9.17) is 0 Å². The Hall–Kier alpha value is -1.66. The standard InChI is InChI=1S/C17H23N3O2S/c1-15-17(23(21,22)20-11-7-2-3-8-12-20)14-19(18-15)13-16-9-5-4-6-10-16/h4-6,9-10,14H,2-3,7-8,11-13H2,1H3. The summed E-state index contributed by atoms with van der Waals surface area (Å²) in [4.78, 5) is 0.343. The van der Waals surface area contributed by atoms with Crippen LogP contribution in [0.2, 0.25) is 0 Å². The molecule has 23 heavy (non-hydrogen) atoms. The fraction of sp³-hybridized carbons (Fsp3) is 0.471. The van der Waals surface area contributed by atoms with Crippen molar-refractivity contribution in [2.45, 2.75) is 44.0 Å². The predicted molar refractivity (Wildman–Crippen MR) is 89.7 cm³/mol. The third kappa shape index (κ3) is 3.64. The fourth-order valence-electron chi connectivity index (χ4n) is 3.03. The molecule has 124 valence electrons. The molecular formula is C17H23N3O2S. The topological polar surface area (TPSA) is 55.2 Å². The van der Waals surface area contributed by atoms with Crippen molar-refractivity contribution in [1.82, 2.24) is 14.1 Å². The van der Waals surface area contributed by atoms with Gasteiger partial charge >= 0.3 is 0 Å². The number of rotatable bonds is 4. The summed E-state index contributed by atoms with van der Waals surface area (Å²) < 4.78 is 29.1. The molecule has 1 aromatic heterocycles. The first-order chi connectivity index (χ1) is 11.1. The molecule has 3 rings (SSSR count). The summed E-state index contributed by atoms with van der Waals surface area (Å²) in [5.41, 5.74) is 1.68. The lowest BCUT2D eigenvalue weighted by molar-refractivity contribution is 0.423. The Morgan fingerprint density at radius 1 is 1.04 bits per heavy atom. The SMILES string of the molecule is Cc1nn(Cc2ccccc2)cc1S(=O)(=O)N1CCCCCC1. The monoisotopic (exact) mass is 333 g/mol. The van der Waals surface area contributed by atoms with Crippen LogP contribution in [0.3, 0.4) is 0 Å². The first kappa shape index (κ1) is 16.2. The average molecular weight is 333 g/mol. The number of aromatic nitrogens is 2. The Kier molecular flexibility index (Phi) is 4.82. The molecule has 1 aliphatic heterocycles. The van der Waals surface area contributed by atoms with Crippen LogP contribution in [0.5, 0.6) is 0 Å². The summed E-state index contributed by atoms with van der Waals surface area (Å²) in [6, 6.07) is 9.94. The van der Waals surface area contributed by atoms with E-state index in [-0.39, 0.29) is 0 Å². The average Bonchev–Trinajstić information content (AvgIpc) is 2.76. The molecule has 0 atom stereocenters. The van der Waals surface area contributed by atoms with Gasteiger partial charge in [0.1, 0.15) is 4.90 Å². The zero-order chi connectivity index (χ0) is 16.3. The third-order valence-electron chi connectivity index (χ3n) is 4.27. The normalized spacial score (nSPS) is 17.1. The van der Waals surface area contributed by atoms with Gasteiger partial charge in [-0.1, -0.05) is 43.2 Å². The first-order valence-electron chi connectivity index (χ1n) is 8.15. The van der Waals surface area contributed by atoms with E-state index < -0.39 is 10.0 Å². The molecule has 0 aliphatic carbocycles. The van der Waals surface area contributed by atoms with E-state index in [9.17, 15) is 8.42 Å². The quantitative estimate of drug-likeness (QED) is 0.864. The van der Waals surface area contributed by atoms with Gasteiger partial charge in [0.2, 0.25) is 10.0 Å². The minimum absolute atomic E-state index is 0.343. The van der Waals surface area contributed by atoms with E-state index >= 15 is 0 Å². The van der Waals surface area contributed by atoms with Crippen molar-refractivity contribution in [2.24, 2.45) is 0 Å². The highest BCUT2D eigenvalue weighted by Gasteiger charge is 2.28. The first-order valence-corrected chi connectivity index (χ1v) is 9.59. The van der Waals surface area contributed by atoms with Gasteiger partial charge in [0.05, 0.1) is 12.2 Å². The molecule has 0 amide bonds. The van der Waals surface area contributed by atoms with Crippen LogP contribution in [0.4, 0.5) is 0 Å². The van der Waals surface area contributed by atoms with Crippen LogP contribution < -0.4 is 0 Å². The summed E-state index contributed by atoms with van der Waals surface area (Å²) >= 11 is 0. The predicted octanol–water partition coefficient (Wildman–Crippen LogP) is 2.80. The second-order valence-corrected chi connectivity index (χ2v) is 7.99. The Morgan fingerprint density at radius 2 is 1.70 bits per heavy atom. The van der Waals surface area contributed by atoms with Crippen LogP contribution in [0.15, 0.2) is 41.4 Å². The van der Waals surface area contributed by atoms with Crippen molar-refractivity contribution in [3.8, 4) is 0 Å². The van der Waals surface area contributed by atoms with Crippen LogP contribution in [-0.2, 0) is 16.6 Å². The van der Waals surface area contributed by atoms with E-state index in [1.54, 1.807) is 22.1 Å². The highest BCUT2D eigenvalue weighted by atomic mass is 32.2. The van der Waals surface area contributed by atoms with Gasteiger partial charge < -0.3 is 0 Å². The molecule has 0 spiro atoms. The van der Waals surface area contributed by atoms with Crippen LogP contribution in [-0.4, -0.2) is 35.6 Å². The lowest BCUT2D eigenvalue weighted by atomic mass is 10.2. The maximum atomic E-state index is 12.9. The van der Waals surface area contributed by atoms with Gasteiger partial charge in [-0.3, -0.25) is 4.68 Å². The largest absolute Gasteiger partial charge is 0.267 e. The van der Waals surface area contributed by atoms with Gasteiger partial charge in [0, 0.05) is 19.3 Å². The van der Waals surface area contributed by atoms with E-state index in [1.807, 2.05) is 30.3 Å². The zero-order valence-electron chi connectivity index (χ0n) is 13.5. The number of hydrogen-bond donors (Lipinski definition) is 0. The maximum absolute atomic E-state index is 12.9. The van der Waals surface area contributed by atoms with Gasteiger partial charge in [0.25, 0.3) is 0 Å². The van der Waals surface area contributed by atoms with Crippen molar-refractivity contribution in [3.63, 3.8) is 0 Å². The molecule has 5 nitrogen and oxygen atoms in total. The van der Waals surface area contributed by atoms with E-state index in [2.05, 4.69) is 5.10 Å². The fourth-order valence-corrected chi connectivity index (χ4v) is 4.71. The van der Waals surface area contributed by atoms with E-state index in [0.29, 0.717) is 30.2 Å². The third-order valence-corrected chi connectivity index (χ3v) is 6.27. The Labute approximate surface area is 138 Å². The molecule has 2 aromatic rings. The van der Waals surface area contributed by atoms with Crippen molar-refractivity contribution in [3.05, 3.63) is 47.8 Å². The Balaban J connectivity index is 1.84. The van der Waals surface area contributed by atoms with Crippen molar-refractivity contribution in [1.29, 1.82) is 0 Å². The van der Waals surface area contributed by atoms with Gasteiger partial charge in [-0.2, -0.15) is 9.40 Å². The summed E-state index contributed by atoms with van der Waals surface area (Å²) in [6.07, 6.45) is 5.77. The summed E-state index contributed by atoms with van der Waals surface area (Å²) in [6.45, 7) is 3.58. The lowest BCUT2D eigenvalue weighted by Crippen LogP contribution is -2.32. The van der Waals surface area contributed by atoms with Crippen molar-refractivity contribution in [2.75, 3.05) is 13.1 Å². The van der Waals surface area contributed by atoms with Gasteiger partial charge in [-0.15, -0.1) is 0 Å². The number of aryl methyl sites for hydroxylation is 1. The smallest absolute Gasteiger partial charge is 0.246 e. The molecule has 0 radical (unpaired) electrons. The minimum Gasteiger partial charge on any atom is -0.267 e. The minimum atomic E-state index is -3.44. The number of hydrogen-bond acceptors (Lipinski definition) is 3. The molecule has 1 aliphatic rings. The highest BCUT2D eigenvalue weighted by molar-refractivity contribution is 7.89. The van der Waals surface area contributed by atoms with E-state index in [0.717, 1.165) is 31.2 Å². The van der Waals surface area contributed by atoms with E-state index in [1.165, 1.54) is 0 Å². The van der Waals surface area contributed by atoms with Crippen molar-refractivity contribution < 1.29 is 8.42 Å². The molecular weight excluding hydrogens is 310 g/mol. The molecule has 1 saturated heterocycles. The number of sulfonamides is 1. The van der Waals surface area contributed by atoms with Crippen molar-refractivity contribution >= 4 is 10.0 Å². The van der Waals surface area contributed by atoms with Crippen LogP contribution in [0.25, 0.3) is 0 Å². The van der Waals surface area contributed by atoms with Gasteiger partial charge in [-0.25, -0.2) is 8.42 Å². The molecule has 0 bridgehead atoms. The molecule has 0 N–H and O–H groups in total. The molecule has 2 heterocycles. The zero-order valence-corrected chi connectivity index (χ0v) is 14.3. The van der Waals surface area contributed by atoms with Gasteiger partial charge in [-0.05, 0) is 25.3 Å². The number of nitrogens with zero attached hydrogens (tertiary/aromatic N) is 3.